The molecule has 21 heavy (non-hydrogen) atoms. The number of anilines is 2. The number of carbonyl (C=O) groups is 2. The zero-order valence-corrected chi connectivity index (χ0v) is 11.7. The van der Waals surface area contributed by atoms with Crippen LogP contribution in [0.25, 0.3) is 0 Å². The minimum Gasteiger partial charge on any atom is -0.495 e. The van der Waals surface area contributed by atoms with Crippen molar-refractivity contribution in [3.8, 4) is 5.75 Å². The van der Waals surface area contributed by atoms with E-state index < -0.39 is 11.8 Å². The molecule has 0 unspecified atom stereocenters. The lowest BCUT2D eigenvalue weighted by atomic mass is 10.3. The third-order valence-corrected chi connectivity index (χ3v) is 2.64. The molecule has 0 aliphatic heterocycles. The first-order chi connectivity index (χ1) is 10.1. The second kappa shape index (κ2) is 6.67. The van der Waals surface area contributed by atoms with Gasteiger partial charge in [0.15, 0.2) is 0 Å². The summed E-state index contributed by atoms with van der Waals surface area (Å²) in [4.78, 5) is 31.1. The number of rotatable bonds is 3. The predicted molar refractivity (Wildman–Crippen MR) is 77.3 cm³/mol. The normalized spacial score (nSPS) is 9.81. The molecule has 0 spiro atoms. The van der Waals surface area contributed by atoms with Gasteiger partial charge in [-0.1, -0.05) is 11.6 Å². The number of aromatic nitrogens is 2. The summed E-state index contributed by atoms with van der Waals surface area (Å²) in [7, 11) is 1.44. The zero-order chi connectivity index (χ0) is 15.2. The fraction of sp³-hybridized carbons (Fsp3) is 0.0769. The molecule has 8 heteroatoms. The number of ether oxygens (including phenoxy) is 1. The Morgan fingerprint density at radius 1 is 1.14 bits per heavy atom. The summed E-state index contributed by atoms with van der Waals surface area (Å²) < 4.78 is 5.07. The molecule has 0 aliphatic rings. The van der Waals surface area contributed by atoms with Crippen LogP contribution in [0.3, 0.4) is 0 Å². The van der Waals surface area contributed by atoms with Crippen molar-refractivity contribution < 1.29 is 14.3 Å². The van der Waals surface area contributed by atoms with Gasteiger partial charge in [-0.15, -0.1) is 0 Å². The molecule has 1 aromatic carbocycles. The maximum Gasteiger partial charge on any atom is 0.316 e. The number of halogens is 1. The van der Waals surface area contributed by atoms with Crippen LogP contribution in [0.2, 0.25) is 5.02 Å². The minimum atomic E-state index is -0.900. The molecular formula is C13H11ClN4O3. The maximum absolute atomic E-state index is 11.8. The van der Waals surface area contributed by atoms with Crippen LogP contribution in [-0.2, 0) is 9.59 Å². The molecule has 0 fully saturated rings. The van der Waals surface area contributed by atoms with Crippen LogP contribution >= 0.6 is 11.6 Å². The summed E-state index contributed by atoms with van der Waals surface area (Å²) in [5, 5.41) is 5.07. The lowest BCUT2D eigenvalue weighted by Crippen LogP contribution is -2.29. The van der Waals surface area contributed by atoms with Crippen molar-refractivity contribution in [3.63, 3.8) is 0 Å². The van der Waals surface area contributed by atoms with E-state index in [9.17, 15) is 9.59 Å². The summed E-state index contributed by atoms with van der Waals surface area (Å²) in [6.07, 6.45) is 2.89. The number of methoxy groups -OCH3 is 1. The van der Waals surface area contributed by atoms with Gasteiger partial charge in [0.2, 0.25) is 5.95 Å². The number of nitrogens with one attached hydrogen (secondary N) is 2. The van der Waals surface area contributed by atoms with Gasteiger partial charge in [0.05, 0.1) is 12.8 Å². The molecule has 0 atom stereocenters. The molecule has 0 saturated carbocycles. The first-order valence-corrected chi connectivity index (χ1v) is 6.21. The SMILES string of the molecule is COc1ccc(Cl)cc1NC(=O)C(=O)Nc1ncccn1. The van der Waals surface area contributed by atoms with Gasteiger partial charge in [0.25, 0.3) is 0 Å². The standard InChI is InChI=1S/C13H11ClN4O3/c1-21-10-4-3-8(14)7-9(10)17-11(19)12(20)18-13-15-5-2-6-16-13/h2-7H,1H3,(H,17,19)(H,15,16,18,20). The molecule has 1 aromatic heterocycles. The summed E-state index contributed by atoms with van der Waals surface area (Å²) in [5.41, 5.74) is 0.291. The molecule has 0 saturated heterocycles. The molecule has 2 aromatic rings. The summed E-state index contributed by atoms with van der Waals surface area (Å²) in [5.74, 6) is -1.36. The Labute approximate surface area is 125 Å². The van der Waals surface area contributed by atoms with Gasteiger partial charge in [-0.05, 0) is 24.3 Å². The Balaban J connectivity index is 2.07. The lowest BCUT2D eigenvalue weighted by Gasteiger charge is -2.10. The smallest absolute Gasteiger partial charge is 0.316 e. The van der Waals surface area contributed by atoms with Crippen molar-refractivity contribution >= 4 is 35.1 Å². The predicted octanol–water partition coefficient (Wildman–Crippen LogP) is 1.72. The van der Waals surface area contributed by atoms with E-state index in [1.807, 2.05) is 0 Å². The Morgan fingerprint density at radius 2 is 1.81 bits per heavy atom. The summed E-state index contributed by atoms with van der Waals surface area (Å²) >= 11 is 5.84. The second-order valence-corrected chi connectivity index (χ2v) is 4.26. The summed E-state index contributed by atoms with van der Waals surface area (Å²) in [6, 6.07) is 6.25. The summed E-state index contributed by atoms with van der Waals surface area (Å²) in [6.45, 7) is 0. The van der Waals surface area contributed by atoms with Crippen LogP contribution in [0.4, 0.5) is 11.6 Å². The number of carbonyl (C=O) groups excluding carboxylic acids is 2. The molecule has 0 bridgehead atoms. The molecule has 1 heterocycles. The average molecular weight is 307 g/mol. The Bertz CT molecular complexity index is 664. The van der Waals surface area contributed by atoms with E-state index in [1.54, 1.807) is 18.2 Å². The molecular weight excluding hydrogens is 296 g/mol. The number of benzene rings is 1. The largest absolute Gasteiger partial charge is 0.495 e. The Hall–Kier alpha value is -2.67. The molecule has 0 aliphatic carbocycles. The number of hydrogen-bond acceptors (Lipinski definition) is 5. The van der Waals surface area contributed by atoms with Gasteiger partial charge in [-0.25, -0.2) is 9.97 Å². The fourth-order valence-corrected chi connectivity index (χ4v) is 1.65. The maximum atomic E-state index is 11.8. The molecule has 2 rings (SSSR count). The highest BCUT2D eigenvalue weighted by molar-refractivity contribution is 6.43. The topological polar surface area (TPSA) is 93.2 Å². The van der Waals surface area contributed by atoms with E-state index >= 15 is 0 Å². The minimum absolute atomic E-state index is 0.0377. The van der Waals surface area contributed by atoms with Gasteiger partial charge in [-0.2, -0.15) is 0 Å². The van der Waals surface area contributed by atoms with Crippen LogP contribution in [0.15, 0.2) is 36.7 Å². The third kappa shape index (κ3) is 3.90. The van der Waals surface area contributed by atoms with Crippen molar-refractivity contribution in [2.75, 3.05) is 17.7 Å². The van der Waals surface area contributed by atoms with Gasteiger partial charge >= 0.3 is 11.8 Å². The van der Waals surface area contributed by atoms with Gasteiger partial charge in [0, 0.05) is 17.4 Å². The highest BCUT2D eigenvalue weighted by Crippen LogP contribution is 2.27. The lowest BCUT2D eigenvalue weighted by molar-refractivity contribution is -0.133. The van der Waals surface area contributed by atoms with Crippen LogP contribution < -0.4 is 15.4 Å². The van der Waals surface area contributed by atoms with Crippen LogP contribution in [0.1, 0.15) is 0 Å². The van der Waals surface area contributed by atoms with Crippen LogP contribution in [0.5, 0.6) is 5.75 Å². The van der Waals surface area contributed by atoms with Gasteiger partial charge < -0.3 is 10.1 Å². The highest BCUT2D eigenvalue weighted by Gasteiger charge is 2.17. The third-order valence-electron chi connectivity index (χ3n) is 2.41. The van der Waals surface area contributed by atoms with Crippen molar-refractivity contribution in [1.82, 2.24) is 9.97 Å². The first-order valence-electron chi connectivity index (χ1n) is 5.83. The van der Waals surface area contributed by atoms with E-state index in [1.165, 1.54) is 25.6 Å². The molecule has 108 valence electrons. The van der Waals surface area contributed by atoms with Crippen LogP contribution in [0, 0.1) is 0 Å². The van der Waals surface area contributed by atoms with E-state index in [4.69, 9.17) is 16.3 Å². The first kappa shape index (κ1) is 14.7. The number of amides is 2. The Kier molecular flexibility index (Phi) is 4.68. The molecule has 7 nitrogen and oxygen atoms in total. The quantitative estimate of drug-likeness (QED) is 0.842. The highest BCUT2D eigenvalue weighted by atomic mass is 35.5. The zero-order valence-electron chi connectivity index (χ0n) is 11.0. The monoisotopic (exact) mass is 306 g/mol. The Morgan fingerprint density at radius 3 is 2.48 bits per heavy atom. The van der Waals surface area contributed by atoms with Crippen LogP contribution in [-0.4, -0.2) is 28.9 Å². The van der Waals surface area contributed by atoms with E-state index in [0.717, 1.165) is 0 Å². The van der Waals surface area contributed by atoms with Crippen molar-refractivity contribution in [3.05, 3.63) is 41.7 Å². The van der Waals surface area contributed by atoms with Crippen molar-refractivity contribution in [2.45, 2.75) is 0 Å². The number of nitrogens with zero attached hydrogens (tertiary/aromatic N) is 2. The van der Waals surface area contributed by atoms with Crippen molar-refractivity contribution in [2.24, 2.45) is 0 Å². The molecule has 0 radical (unpaired) electrons. The van der Waals surface area contributed by atoms with Gasteiger partial charge in [0.1, 0.15) is 5.75 Å². The van der Waals surface area contributed by atoms with Crippen molar-refractivity contribution in [1.29, 1.82) is 0 Å². The van der Waals surface area contributed by atoms with E-state index in [0.29, 0.717) is 16.5 Å². The molecule has 2 amide bonds. The number of hydrogen-bond donors (Lipinski definition) is 2. The van der Waals surface area contributed by atoms with Gasteiger partial charge in [-0.3, -0.25) is 14.9 Å². The van der Waals surface area contributed by atoms with E-state index in [2.05, 4.69) is 20.6 Å². The average Bonchev–Trinajstić information content (AvgIpc) is 2.48. The fourth-order valence-electron chi connectivity index (χ4n) is 1.48. The van der Waals surface area contributed by atoms with E-state index in [-0.39, 0.29) is 5.95 Å². The second-order valence-electron chi connectivity index (χ2n) is 3.83. The molecule has 2 N–H and O–H groups in total.